The topological polar surface area (TPSA) is 284 Å². The summed E-state index contributed by atoms with van der Waals surface area (Å²) in [5, 5.41) is 2.77. The molecular formula is C48H55FN8O11P2S2. The van der Waals surface area contributed by atoms with Crippen molar-refractivity contribution in [2.24, 2.45) is 0 Å². The molecule has 3 unspecified atom stereocenters. The van der Waals surface area contributed by atoms with Gasteiger partial charge in [-0.05, 0) is 108 Å². The first kappa shape index (κ1) is 55.2. The van der Waals surface area contributed by atoms with Gasteiger partial charge in [-0.2, -0.15) is 0 Å². The Labute approximate surface area is 419 Å². The summed E-state index contributed by atoms with van der Waals surface area (Å²) < 4.78 is 103. The highest BCUT2D eigenvalue weighted by Crippen LogP contribution is 2.63. The molecule has 19 nitrogen and oxygen atoms in total. The average Bonchev–Trinajstić information content (AvgIpc) is 3.36. The minimum atomic E-state index is -4.55. The number of nitrogens with zero attached hydrogens (tertiary/aromatic N) is 4. The summed E-state index contributed by atoms with van der Waals surface area (Å²) in [6.45, 7) is 8.76. The third kappa shape index (κ3) is 12.6. The summed E-state index contributed by atoms with van der Waals surface area (Å²) in [4.78, 5) is 43.4. The highest BCUT2D eigenvalue weighted by atomic mass is 32.2. The molecule has 0 fully saturated rings. The van der Waals surface area contributed by atoms with Crippen molar-refractivity contribution in [3.63, 3.8) is 0 Å². The van der Waals surface area contributed by atoms with E-state index in [0.29, 0.717) is 23.4 Å². The summed E-state index contributed by atoms with van der Waals surface area (Å²) in [6.07, 6.45) is 3.55. The number of sulfone groups is 1. The Bertz CT molecular complexity index is 3130. The molecule has 24 heteroatoms. The zero-order chi connectivity index (χ0) is 52.4. The van der Waals surface area contributed by atoms with Crippen molar-refractivity contribution in [1.82, 2.24) is 19.9 Å². The van der Waals surface area contributed by atoms with E-state index in [9.17, 15) is 31.3 Å². The Kier molecular flexibility index (Phi) is 18.1. The maximum absolute atomic E-state index is 15.8. The molecule has 72 heavy (non-hydrogen) atoms. The first-order chi connectivity index (χ1) is 34.2. The van der Waals surface area contributed by atoms with Crippen LogP contribution < -0.4 is 22.1 Å². The molecule has 4 aromatic carbocycles. The van der Waals surface area contributed by atoms with Gasteiger partial charge in [-0.15, -0.1) is 0 Å². The number of rotatable bonds is 23. The van der Waals surface area contributed by atoms with Crippen LogP contribution in [0.1, 0.15) is 73.1 Å². The molecule has 382 valence electrons. The molecule has 6 N–H and O–H groups in total. The maximum Gasteiger partial charge on any atom is 0.377 e. The van der Waals surface area contributed by atoms with Crippen molar-refractivity contribution in [1.29, 1.82) is 0 Å². The van der Waals surface area contributed by atoms with Gasteiger partial charge in [-0.1, -0.05) is 54.1 Å². The Morgan fingerprint density at radius 1 is 0.708 bits per heavy atom. The first-order valence-electron chi connectivity index (χ1n) is 22.5. The standard InChI is InChI=1S/C48H55FN8O11P2S2/c1-7-65-69(60,47(49)71(62)37-24-20-35(21-25-37)54-45(58)41-43(50)52-29-39(56-41)33-16-12-31(4)13-17-33)68-28-10-11-32-14-18-34(19-15-32)40-30-53-44(51)42(57-40)46(59)55-36-22-26-38(27-23-36)72(63,64)48(5,6)70(61,66-8-2)67-9-3/h12-27,29-30,47H,7-11,28H2,1-6H3,(H2,50,52)(H2,51,53)(H,54,58)(H,55,59). The molecular weight excluding hydrogens is 1010 g/mol. The minimum absolute atomic E-state index is 0.0244. The number of aromatic nitrogens is 4. The molecule has 0 aliphatic heterocycles. The average molecular weight is 1070 g/mol. The molecule has 0 aliphatic carbocycles. The van der Waals surface area contributed by atoms with Crippen molar-refractivity contribution in [3.8, 4) is 22.5 Å². The van der Waals surface area contributed by atoms with E-state index < -0.39 is 57.4 Å². The number of benzene rings is 4. The summed E-state index contributed by atoms with van der Waals surface area (Å²) >= 11 is 0. The van der Waals surface area contributed by atoms with Crippen molar-refractivity contribution in [2.75, 3.05) is 48.5 Å². The lowest BCUT2D eigenvalue weighted by Gasteiger charge is -2.32. The van der Waals surface area contributed by atoms with Gasteiger partial charge in [-0.25, -0.2) is 32.7 Å². The number of carbonyl (C=O) groups is 2. The van der Waals surface area contributed by atoms with Crippen LogP contribution in [-0.2, 0) is 54.3 Å². The van der Waals surface area contributed by atoms with Gasteiger partial charge in [0.25, 0.3) is 17.1 Å². The fourth-order valence-corrected chi connectivity index (χ4v) is 14.5. The summed E-state index contributed by atoms with van der Waals surface area (Å²) in [7, 11) is -15.4. The number of alkyl halides is 1. The van der Waals surface area contributed by atoms with Gasteiger partial charge in [0.2, 0.25) is 0 Å². The lowest BCUT2D eigenvalue weighted by atomic mass is 10.1. The van der Waals surface area contributed by atoms with E-state index in [1.54, 1.807) is 38.1 Å². The van der Waals surface area contributed by atoms with Crippen LogP contribution >= 0.6 is 15.2 Å². The second-order valence-electron chi connectivity index (χ2n) is 16.3. The van der Waals surface area contributed by atoms with E-state index in [1.165, 1.54) is 81.7 Å². The zero-order valence-electron chi connectivity index (χ0n) is 40.2. The summed E-state index contributed by atoms with van der Waals surface area (Å²) in [6, 6.07) is 25.3. The van der Waals surface area contributed by atoms with Gasteiger partial charge >= 0.3 is 15.2 Å². The fourth-order valence-electron chi connectivity index (χ4n) is 6.90. The number of nitrogens with two attached hydrogens (primary N) is 2. The van der Waals surface area contributed by atoms with E-state index in [1.807, 2.05) is 31.2 Å². The number of aryl methyl sites for hydroxylation is 2. The van der Waals surface area contributed by atoms with E-state index in [-0.39, 0.29) is 77.0 Å². The molecule has 6 aromatic rings. The highest BCUT2D eigenvalue weighted by Gasteiger charge is 2.54. The molecule has 0 saturated heterocycles. The normalized spacial score (nSPS) is 13.7. The second-order valence-corrected chi connectivity index (χ2v) is 25.6. The lowest BCUT2D eigenvalue weighted by molar-refractivity contribution is 0.101. The molecule has 2 heterocycles. The smallest absolute Gasteiger partial charge is 0.377 e. The van der Waals surface area contributed by atoms with E-state index in [2.05, 4.69) is 30.6 Å². The molecule has 0 saturated carbocycles. The van der Waals surface area contributed by atoms with Crippen LogP contribution in [0, 0.1) is 6.92 Å². The monoisotopic (exact) mass is 1060 g/mol. The SMILES string of the molecule is CCOP(=O)(OCCCc1ccc(-c2cnc(N)c(C(=O)Nc3ccc(S(=O)(=O)C(C)(C)P(=O)(OCC)OCC)cc3)n2)cc1)C(F)S(=O)c1ccc(NC(=O)c2nc(-c3ccc(C)cc3)cnc2N)cc1. The van der Waals surface area contributed by atoms with Crippen LogP contribution in [0.3, 0.4) is 0 Å². The van der Waals surface area contributed by atoms with Gasteiger partial charge in [0.1, 0.15) is 10.8 Å². The van der Waals surface area contributed by atoms with E-state index in [4.69, 9.17) is 29.6 Å². The Hall–Kier alpha value is -6.09. The largest absolute Gasteiger partial charge is 0.382 e. The summed E-state index contributed by atoms with van der Waals surface area (Å²) in [5.74, 6) is -1.61. The van der Waals surface area contributed by atoms with Gasteiger partial charge in [0, 0.05) is 27.4 Å². The van der Waals surface area contributed by atoms with Gasteiger partial charge in [0.05, 0.1) is 55.1 Å². The molecule has 0 aliphatic rings. The van der Waals surface area contributed by atoms with Gasteiger partial charge in [0.15, 0.2) is 37.3 Å². The highest BCUT2D eigenvalue weighted by molar-refractivity contribution is 7.99. The molecule has 2 amide bonds. The van der Waals surface area contributed by atoms with Crippen LogP contribution in [0.5, 0.6) is 0 Å². The number of hydrogen-bond acceptors (Lipinski definition) is 17. The molecule has 3 atom stereocenters. The lowest BCUT2D eigenvalue weighted by Crippen LogP contribution is -2.33. The quantitative estimate of drug-likeness (QED) is 0.0343. The van der Waals surface area contributed by atoms with E-state index >= 15 is 4.39 Å². The van der Waals surface area contributed by atoms with Crippen molar-refractivity contribution < 1.29 is 53.8 Å². The Morgan fingerprint density at radius 3 is 1.64 bits per heavy atom. The second kappa shape index (κ2) is 23.6. The van der Waals surface area contributed by atoms with Gasteiger partial charge in [-0.3, -0.25) is 22.9 Å². The number of carbonyl (C=O) groups excluding carboxylic acids is 2. The Balaban J connectivity index is 1.02. The predicted molar refractivity (Wildman–Crippen MR) is 274 cm³/mol. The van der Waals surface area contributed by atoms with Crippen molar-refractivity contribution >= 4 is 70.7 Å². The molecule has 6 rings (SSSR count). The molecule has 0 bridgehead atoms. The molecule has 0 spiro atoms. The predicted octanol–water partition coefficient (Wildman–Crippen LogP) is 9.59. The van der Waals surface area contributed by atoms with E-state index in [0.717, 1.165) is 16.7 Å². The van der Waals surface area contributed by atoms with Crippen LogP contribution in [0.25, 0.3) is 22.5 Å². The number of nitrogens with one attached hydrogen (secondary N) is 2. The van der Waals surface area contributed by atoms with Crippen LogP contribution in [-0.4, -0.2) is 80.5 Å². The van der Waals surface area contributed by atoms with Crippen molar-refractivity contribution in [3.05, 3.63) is 132 Å². The summed E-state index contributed by atoms with van der Waals surface area (Å²) in [5.41, 5.74) is 16.2. The third-order valence-electron chi connectivity index (χ3n) is 10.9. The number of amides is 2. The Morgan fingerprint density at radius 2 is 1.17 bits per heavy atom. The minimum Gasteiger partial charge on any atom is -0.382 e. The number of anilines is 4. The van der Waals surface area contributed by atoms with Crippen LogP contribution in [0.15, 0.2) is 119 Å². The fraction of sp³-hybridized carbons (Fsp3) is 0.292. The first-order valence-corrected chi connectivity index (χ1v) is 28.3. The molecule has 2 aromatic heterocycles. The maximum atomic E-state index is 15.8. The zero-order valence-corrected chi connectivity index (χ0v) is 43.7. The van der Waals surface area contributed by atoms with Gasteiger partial charge < -0.3 is 40.2 Å². The van der Waals surface area contributed by atoms with Crippen molar-refractivity contribution in [2.45, 2.75) is 73.9 Å². The number of halogens is 1. The van der Waals surface area contributed by atoms with Crippen LogP contribution in [0.2, 0.25) is 0 Å². The number of hydrogen-bond donors (Lipinski definition) is 4. The number of nitrogen functional groups attached to an aromatic ring is 2. The molecule has 0 radical (unpaired) electrons. The third-order valence-corrected chi connectivity index (χ3v) is 21.1. The van der Waals surface area contributed by atoms with Crippen LogP contribution in [0.4, 0.5) is 27.4 Å².